The average Bonchev–Trinajstić information content (AvgIpc) is 3.29. The summed E-state index contributed by atoms with van der Waals surface area (Å²) in [5.74, 6) is 0. The van der Waals surface area contributed by atoms with Crippen LogP contribution in [0, 0.1) is 0 Å². The average molecular weight is 305 g/mol. The predicted octanol–water partition coefficient (Wildman–Crippen LogP) is 3.50. The Morgan fingerprint density at radius 3 is 2.15 bits per heavy atom. The van der Waals surface area contributed by atoms with Gasteiger partial charge in [-0.3, -0.25) is 0 Å². The molecule has 120 valence electrons. The number of epoxide rings is 1. The molecule has 0 amide bonds. The maximum absolute atomic E-state index is 6.14. The summed E-state index contributed by atoms with van der Waals surface area (Å²) in [6.07, 6.45) is 4.73. The zero-order valence-corrected chi connectivity index (χ0v) is 14.5. The molecule has 0 bridgehead atoms. The summed E-state index contributed by atoms with van der Waals surface area (Å²) in [5.41, 5.74) is 0. The van der Waals surface area contributed by atoms with E-state index in [1.165, 1.54) is 0 Å². The van der Waals surface area contributed by atoms with Gasteiger partial charge >= 0.3 is 8.56 Å². The maximum Gasteiger partial charge on any atom is 0.337 e. The molecule has 1 aliphatic heterocycles. The van der Waals surface area contributed by atoms with Crippen LogP contribution in [0.5, 0.6) is 0 Å². The Morgan fingerprint density at radius 2 is 1.65 bits per heavy atom. The van der Waals surface area contributed by atoms with Crippen LogP contribution in [-0.4, -0.2) is 47.7 Å². The van der Waals surface area contributed by atoms with Crippen molar-refractivity contribution in [3.63, 3.8) is 0 Å². The van der Waals surface area contributed by atoms with E-state index in [4.69, 9.17) is 18.3 Å². The van der Waals surface area contributed by atoms with E-state index < -0.39 is 8.56 Å². The fraction of sp³-hybridized carbons (Fsp3) is 1.00. The van der Waals surface area contributed by atoms with Crippen molar-refractivity contribution < 1.29 is 18.3 Å². The molecule has 5 heteroatoms. The number of hydrogen-bond donors (Lipinski definition) is 0. The van der Waals surface area contributed by atoms with E-state index in [1.807, 2.05) is 0 Å². The van der Waals surface area contributed by atoms with Gasteiger partial charge in [-0.2, -0.15) is 0 Å². The van der Waals surface area contributed by atoms with Gasteiger partial charge in [0.1, 0.15) is 6.10 Å². The molecule has 0 aromatic heterocycles. The van der Waals surface area contributed by atoms with Crippen LogP contribution in [0.3, 0.4) is 0 Å². The molecule has 1 atom stereocenters. The number of rotatable bonds is 14. The molecule has 1 heterocycles. The highest BCUT2D eigenvalue weighted by atomic mass is 28.4. The lowest BCUT2D eigenvalue weighted by Gasteiger charge is -2.29. The van der Waals surface area contributed by atoms with Crippen molar-refractivity contribution in [1.82, 2.24) is 0 Å². The van der Waals surface area contributed by atoms with Crippen LogP contribution in [0.15, 0.2) is 0 Å². The van der Waals surface area contributed by atoms with Crippen molar-refractivity contribution in [3.05, 3.63) is 0 Å². The zero-order valence-electron chi connectivity index (χ0n) is 13.5. The van der Waals surface area contributed by atoms with Gasteiger partial charge in [-0.15, -0.1) is 0 Å². The van der Waals surface area contributed by atoms with Crippen LogP contribution in [0.1, 0.15) is 46.5 Å². The second-order valence-electron chi connectivity index (χ2n) is 5.45. The van der Waals surface area contributed by atoms with Crippen LogP contribution in [0.4, 0.5) is 0 Å². The van der Waals surface area contributed by atoms with Crippen LogP contribution < -0.4 is 0 Å². The van der Waals surface area contributed by atoms with Gasteiger partial charge in [0.25, 0.3) is 0 Å². The molecule has 1 fully saturated rings. The zero-order chi connectivity index (χ0) is 14.7. The summed E-state index contributed by atoms with van der Waals surface area (Å²) < 4.78 is 23.0. The van der Waals surface area contributed by atoms with Crippen molar-refractivity contribution in [2.45, 2.75) is 64.6 Å². The van der Waals surface area contributed by atoms with Crippen LogP contribution in [-0.2, 0) is 18.3 Å². The molecule has 0 radical (unpaired) electrons. The lowest BCUT2D eigenvalue weighted by molar-refractivity contribution is 0.112. The standard InChI is InChI=1S/C15H32O4Si/c1-4-9-18-20(6-3,19-10-5-2)12-8-7-11-16-13-15-14-17-15/h15H,4-14H2,1-3H3. The van der Waals surface area contributed by atoms with Gasteiger partial charge in [0.05, 0.1) is 13.2 Å². The van der Waals surface area contributed by atoms with Crippen LogP contribution >= 0.6 is 0 Å². The largest absolute Gasteiger partial charge is 0.394 e. The molecule has 1 unspecified atom stereocenters. The van der Waals surface area contributed by atoms with Crippen LogP contribution in [0.25, 0.3) is 0 Å². The van der Waals surface area contributed by atoms with Gasteiger partial charge < -0.3 is 18.3 Å². The minimum Gasteiger partial charge on any atom is -0.394 e. The molecule has 0 spiro atoms. The fourth-order valence-corrected chi connectivity index (χ4v) is 5.20. The Labute approximate surface area is 125 Å². The van der Waals surface area contributed by atoms with Crippen molar-refractivity contribution in [1.29, 1.82) is 0 Å². The smallest absolute Gasteiger partial charge is 0.337 e. The van der Waals surface area contributed by atoms with Crippen molar-refractivity contribution in [2.24, 2.45) is 0 Å². The first-order valence-corrected chi connectivity index (χ1v) is 10.5. The minimum absolute atomic E-state index is 0.375. The van der Waals surface area contributed by atoms with Gasteiger partial charge in [0, 0.05) is 19.8 Å². The maximum atomic E-state index is 6.14. The molecule has 1 rings (SSSR count). The topological polar surface area (TPSA) is 40.2 Å². The summed E-state index contributed by atoms with van der Waals surface area (Å²) in [6, 6.07) is 2.14. The molecule has 0 aromatic carbocycles. The molecule has 0 aliphatic carbocycles. The molecule has 1 aliphatic rings. The van der Waals surface area contributed by atoms with Gasteiger partial charge in [-0.25, -0.2) is 0 Å². The Hall–Kier alpha value is 0.0569. The molecular formula is C15H32O4Si. The first-order valence-electron chi connectivity index (χ1n) is 8.23. The van der Waals surface area contributed by atoms with E-state index >= 15 is 0 Å². The third-order valence-electron chi connectivity index (χ3n) is 3.48. The van der Waals surface area contributed by atoms with E-state index in [0.717, 1.165) is 70.8 Å². The third kappa shape index (κ3) is 7.74. The molecule has 0 aromatic rings. The number of hydrogen-bond acceptors (Lipinski definition) is 4. The Kier molecular flexibility index (Phi) is 9.72. The molecule has 0 N–H and O–H groups in total. The Bertz CT molecular complexity index is 226. The summed E-state index contributed by atoms with van der Waals surface area (Å²) in [5, 5.41) is 0. The van der Waals surface area contributed by atoms with Gasteiger partial charge in [0.15, 0.2) is 0 Å². The minimum atomic E-state index is -1.96. The van der Waals surface area contributed by atoms with Gasteiger partial charge in [-0.1, -0.05) is 20.8 Å². The highest BCUT2D eigenvalue weighted by Gasteiger charge is 2.34. The predicted molar refractivity (Wildman–Crippen MR) is 83.3 cm³/mol. The number of ether oxygens (including phenoxy) is 2. The normalized spacial score (nSPS) is 18.4. The molecular weight excluding hydrogens is 272 g/mol. The SMILES string of the molecule is CCCO[Si](CC)(CCCCOCC1CO1)OCCC. The Balaban J connectivity index is 2.18. The third-order valence-corrected chi connectivity index (χ3v) is 7.13. The van der Waals surface area contributed by atoms with Crippen molar-refractivity contribution in [2.75, 3.05) is 33.0 Å². The molecule has 1 saturated heterocycles. The van der Waals surface area contributed by atoms with Gasteiger partial charge in [0.2, 0.25) is 0 Å². The first-order chi connectivity index (χ1) is 9.76. The second kappa shape index (κ2) is 10.7. The first kappa shape index (κ1) is 18.1. The monoisotopic (exact) mass is 304 g/mol. The van der Waals surface area contributed by atoms with Crippen molar-refractivity contribution >= 4 is 8.56 Å². The summed E-state index contributed by atoms with van der Waals surface area (Å²) >= 11 is 0. The van der Waals surface area contributed by atoms with Gasteiger partial charge in [-0.05, 0) is 37.8 Å². The molecule has 20 heavy (non-hydrogen) atoms. The van der Waals surface area contributed by atoms with E-state index in [1.54, 1.807) is 0 Å². The molecule has 4 nitrogen and oxygen atoms in total. The lowest BCUT2D eigenvalue weighted by atomic mass is 10.3. The van der Waals surface area contributed by atoms with E-state index in [0.29, 0.717) is 6.10 Å². The lowest BCUT2D eigenvalue weighted by Crippen LogP contribution is -2.42. The molecule has 0 saturated carbocycles. The van der Waals surface area contributed by atoms with E-state index in [-0.39, 0.29) is 0 Å². The summed E-state index contributed by atoms with van der Waals surface area (Å²) in [7, 11) is -1.96. The second-order valence-corrected chi connectivity index (χ2v) is 9.05. The number of unbranched alkanes of at least 4 members (excludes halogenated alkanes) is 1. The van der Waals surface area contributed by atoms with Crippen LogP contribution in [0.2, 0.25) is 12.1 Å². The quantitative estimate of drug-likeness (QED) is 0.280. The summed E-state index contributed by atoms with van der Waals surface area (Å²) in [6.45, 7) is 10.6. The highest BCUT2D eigenvalue weighted by molar-refractivity contribution is 6.67. The summed E-state index contributed by atoms with van der Waals surface area (Å²) in [4.78, 5) is 0. The Morgan fingerprint density at radius 1 is 1.00 bits per heavy atom. The fourth-order valence-electron chi connectivity index (χ4n) is 2.12. The highest BCUT2D eigenvalue weighted by Crippen LogP contribution is 2.22. The van der Waals surface area contributed by atoms with E-state index in [2.05, 4.69) is 20.8 Å². The van der Waals surface area contributed by atoms with Crippen molar-refractivity contribution in [3.8, 4) is 0 Å². The van der Waals surface area contributed by atoms with E-state index in [9.17, 15) is 0 Å².